The van der Waals surface area contributed by atoms with Crippen molar-refractivity contribution in [2.45, 2.75) is 51.2 Å². The smallest absolute Gasteiger partial charge is 0.326 e. The van der Waals surface area contributed by atoms with Gasteiger partial charge in [-0.2, -0.15) is 0 Å². The molecule has 4 unspecified atom stereocenters. The number of aliphatic carboxylic acids is 1. The predicted octanol–water partition coefficient (Wildman–Crippen LogP) is 1.98. The fourth-order valence-corrected chi connectivity index (χ4v) is 4.92. The minimum absolute atomic E-state index is 0.0963. The van der Waals surface area contributed by atoms with Crippen molar-refractivity contribution in [1.82, 2.24) is 25.9 Å². The molecular weight excluding hydrogens is 524 g/mol. The van der Waals surface area contributed by atoms with Crippen LogP contribution in [0.4, 0.5) is 0 Å². The van der Waals surface area contributed by atoms with Gasteiger partial charge in [-0.15, -0.1) is 0 Å². The minimum Gasteiger partial charge on any atom is -0.480 e. The van der Waals surface area contributed by atoms with Crippen LogP contribution in [0.1, 0.15) is 31.4 Å². The molecule has 4 rings (SSSR count). The summed E-state index contributed by atoms with van der Waals surface area (Å²) in [5, 5.41) is 19.6. The standard InChI is InChI=1S/C30H36N6O5/c1-3-17(2)27(30(40)41)36-29(39)25(13-19-16-33-23-11-7-5-9-21(19)23)35-28(38)24(34-26(37)14-31)12-18-15-32-22-10-6-4-8-20(18)22/h4-11,15-17,24-25,27,32-33H,3,12-14,31H2,1-2H3,(H,34,37)(H,35,38)(H,36,39)(H,40,41). The summed E-state index contributed by atoms with van der Waals surface area (Å²) >= 11 is 0. The number of carbonyl (C=O) groups is 4. The van der Waals surface area contributed by atoms with Crippen LogP contribution in [0.2, 0.25) is 0 Å². The van der Waals surface area contributed by atoms with Crippen LogP contribution < -0.4 is 21.7 Å². The molecule has 0 fully saturated rings. The molecule has 41 heavy (non-hydrogen) atoms. The molecule has 2 aromatic heterocycles. The Balaban J connectivity index is 1.63. The largest absolute Gasteiger partial charge is 0.480 e. The lowest BCUT2D eigenvalue weighted by Crippen LogP contribution is -2.58. The van der Waals surface area contributed by atoms with E-state index in [4.69, 9.17) is 5.73 Å². The molecular formula is C30H36N6O5. The summed E-state index contributed by atoms with van der Waals surface area (Å²) in [5.74, 6) is -3.23. The lowest BCUT2D eigenvalue weighted by atomic mass is 9.97. The second-order valence-corrected chi connectivity index (χ2v) is 10.2. The number of carboxylic acid groups (broad SMARTS) is 1. The van der Waals surface area contributed by atoms with Gasteiger partial charge < -0.3 is 36.8 Å². The van der Waals surface area contributed by atoms with E-state index < -0.39 is 41.8 Å². The molecule has 216 valence electrons. The Bertz CT molecular complexity index is 1540. The number of rotatable bonds is 13. The number of aromatic amines is 2. The highest BCUT2D eigenvalue weighted by Gasteiger charge is 2.32. The normalized spacial score (nSPS) is 14.2. The Kier molecular flexibility index (Phi) is 9.41. The Morgan fingerprint density at radius 1 is 0.805 bits per heavy atom. The molecule has 0 saturated heterocycles. The maximum Gasteiger partial charge on any atom is 0.326 e. The number of hydrogen-bond acceptors (Lipinski definition) is 5. The summed E-state index contributed by atoms with van der Waals surface area (Å²) in [6, 6.07) is 11.9. The first-order chi connectivity index (χ1) is 19.7. The third-order valence-electron chi connectivity index (χ3n) is 7.44. The number of carbonyl (C=O) groups excluding carboxylic acids is 3. The zero-order valence-electron chi connectivity index (χ0n) is 23.1. The summed E-state index contributed by atoms with van der Waals surface area (Å²) < 4.78 is 0. The van der Waals surface area contributed by atoms with Gasteiger partial charge in [-0.05, 0) is 29.2 Å². The molecule has 0 saturated carbocycles. The molecule has 4 aromatic rings. The van der Waals surface area contributed by atoms with E-state index in [1.807, 2.05) is 55.5 Å². The molecule has 0 aliphatic carbocycles. The van der Waals surface area contributed by atoms with Crippen molar-refractivity contribution in [1.29, 1.82) is 0 Å². The van der Waals surface area contributed by atoms with Gasteiger partial charge in [-0.1, -0.05) is 56.7 Å². The van der Waals surface area contributed by atoms with Gasteiger partial charge in [0.05, 0.1) is 6.54 Å². The van der Waals surface area contributed by atoms with Crippen LogP contribution >= 0.6 is 0 Å². The van der Waals surface area contributed by atoms with Crippen LogP contribution in [0.5, 0.6) is 0 Å². The number of nitrogens with one attached hydrogen (secondary N) is 5. The molecule has 2 heterocycles. The minimum atomic E-state index is -1.16. The van der Waals surface area contributed by atoms with Crippen molar-refractivity contribution in [3.8, 4) is 0 Å². The quantitative estimate of drug-likeness (QED) is 0.131. The molecule has 3 amide bonds. The van der Waals surface area contributed by atoms with Gasteiger partial charge >= 0.3 is 5.97 Å². The molecule has 0 radical (unpaired) electrons. The van der Waals surface area contributed by atoms with Crippen molar-refractivity contribution in [3.63, 3.8) is 0 Å². The highest BCUT2D eigenvalue weighted by Crippen LogP contribution is 2.21. The van der Waals surface area contributed by atoms with Crippen LogP contribution in [-0.2, 0) is 32.0 Å². The molecule has 0 bridgehead atoms. The molecule has 0 spiro atoms. The summed E-state index contributed by atoms with van der Waals surface area (Å²) in [6.07, 6.45) is 4.32. The Morgan fingerprint density at radius 3 is 1.78 bits per heavy atom. The number of aromatic nitrogens is 2. The highest BCUT2D eigenvalue weighted by atomic mass is 16.4. The van der Waals surface area contributed by atoms with E-state index in [1.54, 1.807) is 19.3 Å². The molecule has 11 heteroatoms. The van der Waals surface area contributed by atoms with Crippen molar-refractivity contribution in [3.05, 3.63) is 72.1 Å². The lowest BCUT2D eigenvalue weighted by Gasteiger charge is -2.26. The fourth-order valence-electron chi connectivity index (χ4n) is 4.92. The van der Waals surface area contributed by atoms with Crippen LogP contribution in [0, 0.1) is 5.92 Å². The van der Waals surface area contributed by atoms with Crippen molar-refractivity contribution in [2.75, 3.05) is 6.54 Å². The number of amides is 3. The Hall–Kier alpha value is -4.64. The van der Waals surface area contributed by atoms with E-state index in [0.29, 0.717) is 6.42 Å². The van der Waals surface area contributed by atoms with E-state index in [9.17, 15) is 24.3 Å². The monoisotopic (exact) mass is 560 g/mol. The SMILES string of the molecule is CCC(C)C(NC(=O)C(Cc1c[nH]c2ccccc12)NC(=O)C(Cc1c[nH]c2ccccc12)NC(=O)CN)C(=O)O. The van der Waals surface area contributed by atoms with Gasteiger partial charge in [0.2, 0.25) is 17.7 Å². The van der Waals surface area contributed by atoms with Crippen molar-refractivity contribution in [2.24, 2.45) is 11.7 Å². The first kappa shape index (κ1) is 29.3. The average Bonchev–Trinajstić information content (AvgIpc) is 3.58. The van der Waals surface area contributed by atoms with E-state index >= 15 is 0 Å². The molecule has 8 N–H and O–H groups in total. The second-order valence-electron chi connectivity index (χ2n) is 10.2. The third kappa shape index (κ3) is 6.93. The zero-order chi connectivity index (χ0) is 29.5. The molecule has 11 nitrogen and oxygen atoms in total. The number of fused-ring (bicyclic) bond motifs is 2. The summed E-state index contributed by atoms with van der Waals surface area (Å²) in [4.78, 5) is 57.8. The Labute approximate surface area is 237 Å². The molecule has 0 aliphatic rings. The lowest BCUT2D eigenvalue weighted by molar-refractivity contribution is -0.143. The Morgan fingerprint density at radius 2 is 1.29 bits per heavy atom. The first-order valence-electron chi connectivity index (χ1n) is 13.6. The van der Waals surface area contributed by atoms with Crippen LogP contribution in [0.3, 0.4) is 0 Å². The van der Waals surface area contributed by atoms with E-state index in [1.165, 1.54) is 0 Å². The maximum atomic E-state index is 13.7. The van der Waals surface area contributed by atoms with Crippen LogP contribution in [0.25, 0.3) is 21.8 Å². The topological polar surface area (TPSA) is 182 Å². The number of para-hydroxylation sites is 2. The summed E-state index contributed by atoms with van der Waals surface area (Å²) in [7, 11) is 0. The average molecular weight is 561 g/mol. The van der Waals surface area contributed by atoms with E-state index in [2.05, 4.69) is 25.9 Å². The van der Waals surface area contributed by atoms with Gasteiger partial charge in [0.1, 0.15) is 18.1 Å². The molecule has 4 atom stereocenters. The second kappa shape index (κ2) is 13.1. The van der Waals surface area contributed by atoms with Crippen molar-refractivity contribution < 1.29 is 24.3 Å². The number of hydrogen-bond donors (Lipinski definition) is 7. The van der Waals surface area contributed by atoms with Crippen LogP contribution in [-0.4, -0.2) is 63.4 Å². The number of benzene rings is 2. The number of nitrogens with two attached hydrogens (primary N) is 1. The van der Waals surface area contributed by atoms with Gasteiger partial charge in [0.25, 0.3) is 0 Å². The summed E-state index contributed by atoms with van der Waals surface area (Å²) in [5.41, 5.74) is 8.85. The summed E-state index contributed by atoms with van der Waals surface area (Å²) in [6.45, 7) is 3.27. The van der Waals surface area contributed by atoms with Gasteiger partial charge in [-0.3, -0.25) is 14.4 Å². The predicted molar refractivity (Wildman–Crippen MR) is 156 cm³/mol. The number of carboxylic acids is 1. The van der Waals surface area contributed by atoms with Gasteiger partial charge in [-0.25, -0.2) is 4.79 Å². The number of H-pyrrole nitrogens is 2. The van der Waals surface area contributed by atoms with E-state index in [0.717, 1.165) is 32.9 Å². The fraction of sp³-hybridized carbons (Fsp3) is 0.333. The van der Waals surface area contributed by atoms with E-state index in [-0.39, 0.29) is 25.3 Å². The van der Waals surface area contributed by atoms with Gasteiger partial charge in [0.15, 0.2) is 0 Å². The molecule has 0 aliphatic heterocycles. The zero-order valence-corrected chi connectivity index (χ0v) is 23.1. The highest BCUT2D eigenvalue weighted by molar-refractivity contribution is 5.95. The maximum absolute atomic E-state index is 13.7. The first-order valence-corrected chi connectivity index (χ1v) is 13.6. The van der Waals surface area contributed by atoms with Gasteiger partial charge in [0, 0.05) is 47.0 Å². The van der Waals surface area contributed by atoms with Crippen molar-refractivity contribution >= 4 is 45.5 Å². The molecule has 2 aromatic carbocycles. The van der Waals surface area contributed by atoms with Crippen LogP contribution in [0.15, 0.2) is 60.9 Å². The third-order valence-corrected chi connectivity index (χ3v) is 7.44.